The fourth-order valence-electron chi connectivity index (χ4n) is 2.54. The van der Waals surface area contributed by atoms with Crippen molar-refractivity contribution in [3.63, 3.8) is 0 Å². The number of rotatable bonds is 6. The van der Waals surface area contributed by atoms with Crippen molar-refractivity contribution in [3.05, 3.63) is 54.8 Å². The standard InChI is InChI=1S/C19H20O2/c1-2-3-8-13-20-18-11-6-4-9-15(18)17-14-21-19-12-7-5-10-16(17)19/h4-7,9-12,14H,2-3,8,13H2,1H3. The summed E-state index contributed by atoms with van der Waals surface area (Å²) in [5.74, 6) is 0.931. The van der Waals surface area contributed by atoms with Crippen molar-refractivity contribution in [2.75, 3.05) is 6.61 Å². The average molecular weight is 280 g/mol. The number of benzene rings is 2. The molecule has 1 aromatic heterocycles. The van der Waals surface area contributed by atoms with Gasteiger partial charge in [-0.05, 0) is 18.6 Å². The lowest BCUT2D eigenvalue weighted by atomic mass is 10.0. The predicted molar refractivity (Wildman–Crippen MR) is 86.7 cm³/mol. The SMILES string of the molecule is CCCCCOc1ccccc1-c1coc2ccccc12. The zero-order valence-electron chi connectivity index (χ0n) is 12.3. The lowest BCUT2D eigenvalue weighted by Gasteiger charge is -2.10. The molecular formula is C19H20O2. The molecule has 0 N–H and O–H groups in total. The quantitative estimate of drug-likeness (QED) is 0.543. The van der Waals surface area contributed by atoms with Crippen LogP contribution in [0.15, 0.2) is 59.2 Å². The highest BCUT2D eigenvalue weighted by atomic mass is 16.5. The van der Waals surface area contributed by atoms with Gasteiger partial charge in [-0.1, -0.05) is 56.2 Å². The maximum atomic E-state index is 5.97. The number of para-hydroxylation sites is 2. The van der Waals surface area contributed by atoms with E-state index in [1.54, 1.807) is 0 Å². The first kappa shape index (κ1) is 13.7. The highest BCUT2D eigenvalue weighted by Crippen LogP contribution is 2.36. The van der Waals surface area contributed by atoms with E-state index in [4.69, 9.17) is 9.15 Å². The number of unbranched alkanes of at least 4 members (excludes halogenated alkanes) is 2. The maximum absolute atomic E-state index is 5.97. The molecule has 0 saturated heterocycles. The molecule has 0 aliphatic rings. The topological polar surface area (TPSA) is 22.4 Å². The summed E-state index contributed by atoms with van der Waals surface area (Å²) in [5, 5.41) is 1.13. The Balaban J connectivity index is 1.91. The van der Waals surface area contributed by atoms with Gasteiger partial charge in [-0.15, -0.1) is 0 Å². The Morgan fingerprint density at radius 2 is 1.71 bits per heavy atom. The molecule has 0 aliphatic heterocycles. The second kappa shape index (κ2) is 6.49. The largest absolute Gasteiger partial charge is 0.493 e. The van der Waals surface area contributed by atoms with Crippen LogP contribution in [0, 0.1) is 0 Å². The van der Waals surface area contributed by atoms with Crippen LogP contribution in [0.25, 0.3) is 22.1 Å². The molecule has 0 spiro atoms. The summed E-state index contributed by atoms with van der Waals surface area (Å²) in [5.41, 5.74) is 3.10. The number of fused-ring (bicyclic) bond motifs is 1. The highest BCUT2D eigenvalue weighted by Gasteiger charge is 2.11. The van der Waals surface area contributed by atoms with Gasteiger partial charge in [0.1, 0.15) is 11.3 Å². The Kier molecular flexibility index (Phi) is 4.25. The molecule has 2 aromatic carbocycles. The van der Waals surface area contributed by atoms with Crippen LogP contribution in [-0.2, 0) is 0 Å². The number of furan rings is 1. The molecule has 0 amide bonds. The first-order valence-corrected chi connectivity index (χ1v) is 7.58. The fraction of sp³-hybridized carbons (Fsp3) is 0.263. The van der Waals surface area contributed by atoms with Crippen LogP contribution in [0.2, 0.25) is 0 Å². The van der Waals surface area contributed by atoms with Crippen LogP contribution in [0.5, 0.6) is 5.75 Å². The van der Waals surface area contributed by atoms with E-state index in [1.165, 1.54) is 12.8 Å². The Bertz CT molecular complexity index is 712. The third-order valence-corrected chi connectivity index (χ3v) is 3.66. The molecule has 0 bridgehead atoms. The van der Waals surface area contributed by atoms with Crippen LogP contribution >= 0.6 is 0 Å². The van der Waals surface area contributed by atoms with Crippen molar-refractivity contribution in [3.8, 4) is 16.9 Å². The van der Waals surface area contributed by atoms with Crippen LogP contribution in [-0.4, -0.2) is 6.61 Å². The molecule has 1 heterocycles. The summed E-state index contributed by atoms with van der Waals surface area (Å²) < 4.78 is 11.6. The minimum atomic E-state index is 0.765. The summed E-state index contributed by atoms with van der Waals surface area (Å²) in [6.07, 6.45) is 5.32. The normalized spacial score (nSPS) is 10.9. The van der Waals surface area contributed by atoms with Crippen molar-refractivity contribution in [2.45, 2.75) is 26.2 Å². The van der Waals surface area contributed by atoms with Crippen LogP contribution in [0.3, 0.4) is 0 Å². The van der Waals surface area contributed by atoms with Gasteiger partial charge in [-0.2, -0.15) is 0 Å². The van der Waals surface area contributed by atoms with E-state index in [0.29, 0.717) is 0 Å². The second-order valence-corrected chi connectivity index (χ2v) is 5.20. The molecule has 21 heavy (non-hydrogen) atoms. The van der Waals surface area contributed by atoms with Gasteiger partial charge in [0.2, 0.25) is 0 Å². The van der Waals surface area contributed by atoms with Gasteiger partial charge >= 0.3 is 0 Å². The summed E-state index contributed by atoms with van der Waals surface area (Å²) in [4.78, 5) is 0. The van der Waals surface area contributed by atoms with E-state index in [-0.39, 0.29) is 0 Å². The zero-order chi connectivity index (χ0) is 14.5. The Labute approximate surface area is 125 Å². The Hall–Kier alpha value is -2.22. The van der Waals surface area contributed by atoms with Gasteiger partial charge in [0.15, 0.2) is 0 Å². The van der Waals surface area contributed by atoms with Gasteiger partial charge in [0, 0.05) is 16.5 Å². The van der Waals surface area contributed by atoms with Gasteiger partial charge < -0.3 is 9.15 Å². The highest BCUT2D eigenvalue weighted by molar-refractivity contribution is 5.95. The second-order valence-electron chi connectivity index (χ2n) is 5.20. The predicted octanol–water partition coefficient (Wildman–Crippen LogP) is 5.67. The maximum Gasteiger partial charge on any atom is 0.134 e. The van der Waals surface area contributed by atoms with Crippen molar-refractivity contribution < 1.29 is 9.15 Å². The van der Waals surface area contributed by atoms with E-state index < -0.39 is 0 Å². The van der Waals surface area contributed by atoms with Crippen LogP contribution in [0.4, 0.5) is 0 Å². The number of ether oxygens (including phenoxy) is 1. The summed E-state index contributed by atoms with van der Waals surface area (Å²) in [7, 11) is 0. The smallest absolute Gasteiger partial charge is 0.134 e. The zero-order valence-corrected chi connectivity index (χ0v) is 12.3. The molecule has 108 valence electrons. The van der Waals surface area contributed by atoms with Crippen LogP contribution < -0.4 is 4.74 Å². The van der Waals surface area contributed by atoms with E-state index in [0.717, 1.165) is 40.9 Å². The number of hydrogen-bond donors (Lipinski definition) is 0. The Morgan fingerprint density at radius 1 is 0.905 bits per heavy atom. The van der Waals surface area contributed by atoms with Crippen molar-refractivity contribution >= 4 is 11.0 Å². The van der Waals surface area contributed by atoms with Gasteiger partial charge in [0.05, 0.1) is 12.9 Å². The number of hydrogen-bond acceptors (Lipinski definition) is 2. The molecule has 3 aromatic rings. The summed E-state index contributed by atoms with van der Waals surface area (Å²) in [6.45, 7) is 2.96. The Morgan fingerprint density at radius 3 is 2.62 bits per heavy atom. The van der Waals surface area contributed by atoms with Gasteiger partial charge in [0.25, 0.3) is 0 Å². The van der Waals surface area contributed by atoms with E-state index in [9.17, 15) is 0 Å². The summed E-state index contributed by atoms with van der Waals surface area (Å²) >= 11 is 0. The first-order valence-electron chi connectivity index (χ1n) is 7.58. The van der Waals surface area contributed by atoms with Crippen LogP contribution in [0.1, 0.15) is 26.2 Å². The molecular weight excluding hydrogens is 260 g/mol. The van der Waals surface area contributed by atoms with Gasteiger partial charge in [-0.25, -0.2) is 0 Å². The first-order chi connectivity index (χ1) is 10.4. The third kappa shape index (κ3) is 2.94. The molecule has 0 unspecified atom stereocenters. The molecule has 0 saturated carbocycles. The van der Waals surface area contributed by atoms with Crippen molar-refractivity contribution in [1.82, 2.24) is 0 Å². The van der Waals surface area contributed by atoms with E-state index in [1.807, 2.05) is 42.7 Å². The van der Waals surface area contributed by atoms with E-state index >= 15 is 0 Å². The molecule has 2 heteroatoms. The molecule has 0 aliphatic carbocycles. The molecule has 0 atom stereocenters. The van der Waals surface area contributed by atoms with Crippen molar-refractivity contribution in [1.29, 1.82) is 0 Å². The average Bonchev–Trinajstić information content (AvgIpc) is 2.96. The fourth-order valence-corrected chi connectivity index (χ4v) is 2.54. The van der Waals surface area contributed by atoms with E-state index in [2.05, 4.69) is 19.1 Å². The third-order valence-electron chi connectivity index (χ3n) is 3.66. The van der Waals surface area contributed by atoms with Crippen molar-refractivity contribution in [2.24, 2.45) is 0 Å². The molecule has 3 rings (SSSR count). The monoisotopic (exact) mass is 280 g/mol. The molecule has 2 nitrogen and oxygen atoms in total. The minimum absolute atomic E-state index is 0.765. The minimum Gasteiger partial charge on any atom is -0.493 e. The molecule has 0 radical (unpaired) electrons. The molecule has 0 fully saturated rings. The lowest BCUT2D eigenvalue weighted by molar-refractivity contribution is 0.307. The van der Waals surface area contributed by atoms with Gasteiger partial charge in [-0.3, -0.25) is 0 Å². The summed E-state index contributed by atoms with van der Waals surface area (Å²) in [6, 6.07) is 16.3. The lowest BCUT2D eigenvalue weighted by Crippen LogP contribution is -1.98.